The molecular formula is C14H29NO5. The van der Waals surface area contributed by atoms with Gasteiger partial charge in [-0.05, 0) is 34.6 Å². The summed E-state index contributed by atoms with van der Waals surface area (Å²) < 4.78 is 15.8. The van der Waals surface area contributed by atoms with Gasteiger partial charge in [0.05, 0.1) is 38.6 Å². The van der Waals surface area contributed by atoms with Gasteiger partial charge in [-0.25, -0.2) is 4.79 Å². The first kappa shape index (κ1) is 19.1. The molecule has 0 saturated carbocycles. The van der Waals surface area contributed by atoms with E-state index in [4.69, 9.17) is 14.2 Å². The Kier molecular flexibility index (Phi) is 8.76. The number of carbonyl (C=O) groups excluding carboxylic acids is 1. The molecule has 0 radical (unpaired) electrons. The molecule has 0 bridgehead atoms. The summed E-state index contributed by atoms with van der Waals surface area (Å²) in [6, 6.07) is 0. The first-order chi connectivity index (χ1) is 9.11. The molecule has 0 aromatic rings. The molecule has 0 fully saturated rings. The highest BCUT2D eigenvalue weighted by molar-refractivity contribution is 5.67. The molecule has 0 saturated heterocycles. The molecule has 1 atom stereocenters. The zero-order valence-corrected chi connectivity index (χ0v) is 13.5. The van der Waals surface area contributed by atoms with Crippen LogP contribution in [0.2, 0.25) is 0 Å². The monoisotopic (exact) mass is 291 g/mol. The molecule has 0 aromatic heterocycles. The van der Waals surface area contributed by atoms with Gasteiger partial charge in [-0.15, -0.1) is 0 Å². The van der Waals surface area contributed by atoms with Crippen molar-refractivity contribution < 1.29 is 24.1 Å². The van der Waals surface area contributed by atoms with Crippen LogP contribution in [-0.2, 0) is 14.2 Å². The normalized spacial score (nSPS) is 13.4. The number of carbonyl (C=O) groups is 1. The highest BCUT2D eigenvalue weighted by Crippen LogP contribution is 2.09. The van der Waals surface area contributed by atoms with Gasteiger partial charge in [-0.2, -0.15) is 0 Å². The van der Waals surface area contributed by atoms with Crippen molar-refractivity contribution in [3.8, 4) is 0 Å². The van der Waals surface area contributed by atoms with Gasteiger partial charge in [0.25, 0.3) is 0 Å². The average molecular weight is 291 g/mol. The van der Waals surface area contributed by atoms with Crippen LogP contribution < -0.4 is 0 Å². The van der Waals surface area contributed by atoms with Gasteiger partial charge < -0.3 is 24.2 Å². The van der Waals surface area contributed by atoms with E-state index in [2.05, 4.69) is 0 Å². The molecule has 1 unspecified atom stereocenters. The van der Waals surface area contributed by atoms with Gasteiger partial charge in [0.2, 0.25) is 0 Å². The summed E-state index contributed by atoms with van der Waals surface area (Å²) >= 11 is 0. The number of ether oxygens (including phenoxy) is 3. The summed E-state index contributed by atoms with van der Waals surface area (Å²) in [5.74, 6) is 0. The molecule has 0 aliphatic rings. The van der Waals surface area contributed by atoms with Crippen molar-refractivity contribution in [3.63, 3.8) is 0 Å². The smallest absolute Gasteiger partial charge is 0.410 e. The van der Waals surface area contributed by atoms with Crippen molar-refractivity contribution in [2.75, 3.05) is 33.4 Å². The second-order valence-electron chi connectivity index (χ2n) is 6.01. The Morgan fingerprint density at radius 3 is 2.35 bits per heavy atom. The fraction of sp³-hybridized carbons (Fsp3) is 0.929. The van der Waals surface area contributed by atoms with Crippen LogP contribution in [0.5, 0.6) is 0 Å². The van der Waals surface area contributed by atoms with Crippen LogP contribution in [0.3, 0.4) is 0 Å². The van der Waals surface area contributed by atoms with E-state index in [9.17, 15) is 9.90 Å². The van der Waals surface area contributed by atoms with Gasteiger partial charge in [0.1, 0.15) is 5.60 Å². The predicted molar refractivity (Wildman–Crippen MR) is 76.8 cm³/mol. The van der Waals surface area contributed by atoms with Crippen molar-refractivity contribution in [3.05, 3.63) is 0 Å². The number of amides is 1. The molecule has 0 heterocycles. The molecular weight excluding hydrogens is 262 g/mol. The largest absolute Gasteiger partial charge is 0.444 e. The van der Waals surface area contributed by atoms with Crippen LogP contribution >= 0.6 is 0 Å². The number of hydrogen-bond acceptors (Lipinski definition) is 5. The van der Waals surface area contributed by atoms with Crippen LogP contribution in [0.1, 0.15) is 34.6 Å². The van der Waals surface area contributed by atoms with Gasteiger partial charge in [-0.1, -0.05) is 0 Å². The van der Waals surface area contributed by atoms with E-state index in [1.165, 1.54) is 4.90 Å². The topological polar surface area (TPSA) is 68.2 Å². The quantitative estimate of drug-likeness (QED) is 0.689. The third-order valence-corrected chi connectivity index (χ3v) is 2.18. The van der Waals surface area contributed by atoms with Crippen LogP contribution in [0.15, 0.2) is 0 Å². The van der Waals surface area contributed by atoms with Crippen molar-refractivity contribution in [2.24, 2.45) is 0 Å². The van der Waals surface area contributed by atoms with E-state index in [-0.39, 0.29) is 19.3 Å². The van der Waals surface area contributed by atoms with E-state index in [0.717, 1.165) is 0 Å². The van der Waals surface area contributed by atoms with E-state index >= 15 is 0 Å². The number of likely N-dealkylation sites (N-methyl/N-ethyl adjacent to an activating group) is 1. The minimum Gasteiger partial charge on any atom is -0.444 e. The Hall–Kier alpha value is -0.850. The summed E-state index contributed by atoms with van der Waals surface area (Å²) in [4.78, 5) is 13.0. The van der Waals surface area contributed by atoms with Crippen LogP contribution in [0, 0.1) is 0 Å². The lowest BCUT2D eigenvalue weighted by atomic mass is 10.2. The Morgan fingerprint density at radius 1 is 1.25 bits per heavy atom. The van der Waals surface area contributed by atoms with E-state index in [0.29, 0.717) is 13.2 Å². The molecule has 120 valence electrons. The van der Waals surface area contributed by atoms with E-state index in [1.807, 2.05) is 13.8 Å². The first-order valence-corrected chi connectivity index (χ1v) is 6.93. The summed E-state index contributed by atoms with van der Waals surface area (Å²) in [6.07, 6.45) is -1.03. The predicted octanol–water partition coefficient (Wildman–Crippen LogP) is 1.66. The third kappa shape index (κ3) is 11.0. The lowest BCUT2D eigenvalue weighted by Crippen LogP contribution is -2.39. The Bertz CT molecular complexity index is 275. The summed E-state index contributed by atoms with van der Waals surface area (Å²) in [6.45, 7) is 10.5. The SMILES string of the molecule is CC(C)OCCOCC(O)CN(C)C(=O)OC(C)(C)C. The maximum atomic E-state index is 11.7. The van der Waals surface area contributed by atoms with Crippen molar-refractivity contribution in [1.29, 1.82) is 0 Å². The molecule has 0 spiro atoms. The number of nitrogens with zero attached hydrogens (tertiary/aromatic N) is 1. The van der Waals surface area contributed by atoms with Crippen LogP contribution in [0.4, 0.5) is 4.79 Å². The third-order valence-electron chi connectivity index (χ3n) is 2.18. The minimum absolute atomic E-state index is 0.161. The van der Waals surface area contributed by atoms with E-state index in [1.54, 1.807) is 27.8 Å². The fourth-order valence-electron chi connectivity index (χ4n) is 1.35. The van der Waals surface area contributed by atoms with Gasteiger partial charge >= 0.3 is 6.09 Å². The molecule has 0 aliphatic heterocycles. The number of hydrogen-bond donors (Lipinski definition) is 1. The number of aliphatic hydroxyl groups excluding tert-OH is 1. The highest BCUT2D eigenvalue weighted by Gasteiger charge is 2.21. The molecule has 1 N–H and O–H groups in total. The Labute approximate surface area is 122 Å². The van der Waals surface area contributed by atoms with Crippen molar-refractivity contribution >= 4 is 6.09 Å². The Morgan fingerprint density at radius 2 is 1.85 bits per heavy atom. The zero-order chi connectivity index (χ0) is 15.8. The maximum Gasteiger partial charge on any atom is 0.410 e. The standard InChI is InChI=1S/C14H29NO5/c1-11(2)19-8-7-18-10-12(16)9-15(6)13(17)20-14(3,4)5/h11-12,16H,7-10H2,1-6H3. The first-order valence-electron chi connectivity index (χ1n) is 6.93. The second-order valence-corrected chi connectivity index (χ2v) is 6.01. The van der Waals surface area contributed by atoms with Gasteiger partial charge in [-0.3, -0.25) is 0 Å². The van der Waals surface area contributed by atoms with Crippen molar-refractivity contribution in [2.45, 2.75) is 52.4 Å². The summed E-state index contributed by atoms with van der Waals surface area (Å²) in [5, 5.41) is 9.76. The van der Waals surface area contributed by atoms with Gasteiger partial charge in [0, 0.05) is 7.05 Å². The number of aliphatic hydroxyl groups is 1. The summed E-state index contributed by atoms with van der Waals surface area (Å²) in [5.41, 5.74) is -0.541. The molecule has 6 nitrogen and oxygen atoms in total. The lowest BCUT2D eigenvalue weighted by molar-refractivity contribution is -0.0216. The molecule has 0 aromatic carbocycles. The molecule has 0 aliphatic carbocycles. The zero-order valence-electron chi connectivity index (χ0n) is 13.5. The van der Waals surface area contributed by atoms with Crippen LogP contribution in [0.25, 0.3) is 0 Å². The fourth-order valence-corrected chi connectivity index (χ4v) is 1.35. The average Bonchev–Trinajstić information content (AvgIpc) is 2.25. The number of rotatable bonds is 8. The highest BCUT2D eigenvalue weighted by atomic mass is 16.6. The molecule has 0 rings (SSSR count). The maximum absolute atomic E-state index is 11.7. The minimum atomic E-state index is -0.744. The Balaban J connectivity index is 3.79. The van der Waals surface area contributed by atoms with Crippen LogP contribution in [-0.4, -0.2) is 67.3 Å². The second kappa shape index (κ2) is 9.15. The van der Waals surface area contributed by atoms with Crippen molar-refractivity contribution in [1.82, 2.24) is 4.90 Å². The molecule has 20 heavy (non-hydrogen) atoms. The molecule has 6 heteroatoms. The lowest BCUT2D eigenvalue weighted by Gasteiger charge is -2.26. The molecule has 1 amide bonds. The van der Waals surface area contributed by atoms with E-state index < -0.39 is 17.8 Å². The van der Waals surface area contributed by atoms with Gasteiger partial charge in [0.15, 0.2) is 0 Å². The summed E-state index contributed by atoms with van der Waals surface area (Å²) in [7, 11) is 1.58.